The second-order valence-corrected chi connectivity index (χ2v) is 8.06. The molecule has 1 unspecified atom stereocenters. The number of aliphatic carboxylic acids is 2. The predicted octanol–water partition coefficient (Wildman–Crippen LogP) is -4.29. The van der Waals surface area contributed by atoms with Crippen molar-refractivity contribution in [3.8, 4) is 0 Å². The van der Waals surface area contributed by atoms with E-state index in [1.165, 1.54) is 12.4 Å². The minimum atomic E-state index is -1.53. The first-order valence-electron chi connectivity index (χ1n) is 7.47. The first kappa shape index (κ1) is 22.2. The molecule has 3 heterocycles. The molecule has 1 aromatic heterocycles. The number of nitrogens with two attached hydrogens (primary N) is 1. The van der Waals surface area contributed by atoms with Gasteiger partial charge in [0.05, 0.1) is 27.9 Å². The summed E-state index contributed by atoms with van der Waals surface area (Å²) in [5, 5.41) is 30.2. The first-order chi connectivity index (χ1) is 12.3. The van der Waals surface area contributed by atoms with E-state index >= 15 is 0 Å². The van der Waals surface area contributed by atoms with Gasteiger partial charge in [0.25, 0.3) is 0 Å². The normalized spacial score (nSPS) is 23.2. The van der Waals surface area contributed by atoms with E-state index in [0.29, 0.717) is 5.56 Å². The number of aliphatic hydroxyl groups is 1. The molecule has 1 saturated heterocycles. The fraction of sp³-hybridized carbons (Fsp3) is 0.333. The van der Waals surface area contributed by atoms with E-state index in [1.807, 2.05) is 0 Å². The van der Waals surface area contributed by atoms with Crippen LogP contribution < -0.4 is 40.4 Å². The van der Waals surface area contributed by atoms with Gasteiger partial charge in [-0.3, -0.25) is 19.5 Å². The van der Waals surface area contributed by atoms with E-state index in [9.17, 15) is 24.6 Å². The van der Waals surface area contributed by atoms with Crippen molar-refractivity contribution in [1.82, 2.24) is 9.88 Å². The molecule has 0 aromatic carbocycles. The van der Waals surface area contributed by atoms with Crippen LogP contribution in [0, 0.1) is 5.92 Å². The Morgan fingerprint density at radius 2 is 2.04 bits per heavy atom. The second-order valence-electron chi connectivity index (χ2n) is 5.65. The number of hydrogen-bond donors (Lipinski definition) is 3. The van der Waals surface area contributed by atoms with Crippen LogP contribution in [0.4, 0.5) is 0 Å². The minimum absolute atomic E-state index is 0. The summed E-state index contributed by atoms with van der Waals surface area (Å²) in [5.74, 6) is -4.13. The average Bonchev–Trinajstić information content (AvgIpc) is 2.95. The number of aliphatic hydroxyl groups excluding tert-OH is 1. The Kier molecular flexibility index (Phi) is 7.36. The first-order valence-corrected chi connectivity index (χ1v) is 9.34. The molecule has 1 fully saturated rings. The molecule has 0 aliphatic carbocycles. The molecular weight excluding hydrogens is 405 g/mol. The topological polar surface area (TPSA) is 157 Å². The Labute approximate surface area is 184 Å². The zero-order valence-electron chi connectivity index (χ0n) is 14.1. The number of hydrogen-bond acceptors (Lipinski definition) is 9. The number of pyridine rings is 1. The van der Waals surface area contributed by atoms with Crippen molar-refractivity contribution in [3.05, 3.63) is 40.0 Å². The van der Waals surface area contributed by atoms with E-state index in [2.05, 4.69) is 4.98 Å². The monoisotopic (exact) mass is 419 g/mol. The Bertz CT molecular complexity index is 793. The fourth-order valence-corrected chi connectivity index (χ4v) is 5.50. The van der Waals surface area contributed by atoms with Crippen LogP contribution in [-0.4, -0.2) is 55.1 Å². The third kappa shape index (κ3) is 4.19. The Morgan fingerprint density at radius 1 is 1.41 bits per heavy atom. The number of nitrogens with zero attached hydrogens (tertiary/aromatic N) is 2. The molecule has 2 aliphatic heterocycles. The summed E-state index contributed by atoms with van der Waals surface area (Å²) >= 11 is 2.03. The van der Waals surface area contributed by atoms with E-state index < -0.39 is 41.3 Å². The molecule has 0 radical (unpaired) electrons. The third-order valence-corrected chi connectivity index (χ3v) is 6.82. The molecule has 0 bridgehead atoms. The van der Waals surface area contributed by atoms with E-state index in [4.69, 9.17) is 10.8 Å². The van der Waals surface area contributed by atoms with Gasteiger partial charge in [-0.1, -0.05) is 11.8 Å². The molecule has 9 nitrogen and oxygen atoms in total. The van der Waals surface area contributed by atoms with Crippen molar-refractivity contribution in [2.75, 3.05) is 5.75 Å². The van der Waals surface area contributed by atoms with Crippen LogP contribution in [0.5, 0.6) is 0 Å². The molecule has 1 aromatic rings. The third-order valence-electron chi connectivity index (χ3n) is 4.04. The van der Waals surface area contributed by atoms with Crippen LogP contribution in [0.3, 0.4) is 0 Å². The van der Waals surface area contributed by atoms with Crippen LogP contribution in [-0.2, 0) is 14.4 Å². The van der Waals surface area contributed by atoms with Gasteiger partial charge in [0.2, 0.25) is 5.91 Å². The van der Waals surface area contributed by atoms with Gasteiger partial charge < -0.3 is 25.8 Å². The van der Waals surface area contributed by atoms with Crippen molar-refractivity contribution < 1.29 is 59.3 Å². The molecule has 2 aliphatic rings. The second kappa shape index (κ2) is 8.95. The van der Waals surface area contributed by atoms with Gasteiger partial charge in [0.15, 0.2) is 0 Å². The van der Waals surface area contributed by atoms with Crippen LogP contribution in [0.15, 0.2) is 34.5 Å². The molecule has 27 heavy (non-hydrogen) atoms. The summed E-state index contributed by atoms with van der Waals surface area (Å²) < 4.78 is 0.254. The zero-order valence-corrected chi connectivity index (χ0v) is 17.8. The van der Waals surface area contributed by atoms with Crippen LogP contribution in [0.2, 0.25) is 0 Å². The van der Waals surface area contributed by atoms with Crippen LogP contribution >= 0.6 is 23.5 Å². The standard InChI is InChI=1S/C15H15N3O6S2.Na/c16-7(13(21)22)5-25-15-9(14(23)24)18-11(20)8(12(18)26-15)10(19)6-1-3-17-4-2-6;/h1-4,7-8,10,12,19H,5,16H2,(H,21,22)(H,23,24);/q;+1/p-1/t7-,8+,10?,12-;/m1./s1. The number of carboxylic acids is 2. The Morgan fingerprint density at radius 3 is 2.59 bits per heavy atom. The summed E-state index contributed by atoms with van der Waals surface area (Å²) in [5.41, 5.74) is 5.64. The quantitative estimate of drug-likeness (QED) is 0.292. The average molecular weight is 419 g/mol. The van der Waals surface area contributed by atoms with E-state index in [-0.39, 0.29) is 45.2 Å². The molecule has 0 saturated carbocycles. The van der Waals surface area contributed by atoms with Gasteiger partial charge in [0.1, 0.15) is 11.4 Å². The van der Waals surface area contributed by atoms with Crippen molar-refractivity contribution in [3.63, 3.8) is 0 Å². The van der Waals surface area contributed by atoms with Gasteiger partial charge in [-0.2, -0.15) is 0 Å². The molecule has 12 heteroatoms. The Hall–Kier alpha value is -1.08. The largest absolute Gasteiger partial charge is 1.00 e. The number of β-lactam (4-membered cyclic amide) rings is 1. The molecule has 3 rings (SSSR count). The van der Waals surface area contributed by atoms with Crippen LogP contribution in [0.25, 0.3) is 0 Å². The van der Waals surface area contributed by atoms with Crippen molar-refractivity contribution in [2.45, 2.75) is 17.5 Å². The summed E-state index contributed by atoms with van der Waals surface area (Å²) in [6, 6.07) is 1.99. The molecular formula is C15H14N3NaO6S2. The number of aromatic nitrogens is 1. The van der Waals surface area contributed by atoms with E-state index in [1.54, 1.807) is 12.1 Å². The zero-order chi connectivity index (χ0) is 19.0. The molecule has 0 spiro atoms. The maximum Gasteiger partial charge on any atom is 1.00 e. The minimum Gasteiger partial charge on any atom is -0.543 e. The number of rotatable bonds is 7. The number of carboxylic acid groups (broad SMARTS) is 2. The summed E-state index contributed by atoms with van der Waals surface area (Å²) in [6.45, 7) is 0. The summed E-state index contributed by atoms with van der Waals surface area (Å²) in [7, 11) is 0. The maximum atomic E-state index is 12.4. The van der Waals surface area contributed by atoms with Crippen molar-refractivity contribution in [1.29, 1.82) is 0 Å². The summed E-state index contributed by atoms with van der Waals surface area (Å²) in [6.07, 6.45) is 1.87. The van der Waals surface area contributed by atoms with Gasteiger partial charge in [-0.05, 0) is 17.7 Å². The van der Waals surface area contributed by atoms with E-state index in [0.717, 1.165) is 28.4 Å². The summed E-state index contributed by atoms with van der Waals surface area (Å²) in [4.78, 5) is 39.7. The Balaban J connectivity index is 0.00000261. The number of carbonyl (C=O) groups is 3. The SMILES string of the molecule is N[C@H](CSC1=C(C(=O)[O-])N2C(=O)[C@H](C(O)c3ccncc3)[C@H]2S1)C(=O)O.[Na+]. The molecule has 1 amide bonds. The van der Waals surface area contributed by atoms with Gasteiger partial charge >= 0.3 is 35.5 Å². The smallest absolute Gasteiger partial charge is 0.543 e. The van der Waals surface area contributed by atoms with Crippen molar-refractivity contribution in [2.24, 2.45) is 11.7 Å². The fourth-order valence-electron chi connectivity index (χ4n) is 2.69. The maximum absolute atomic E-state index is 12.4. The number of carbonyl (C=O) groups excluding carboxylic acids is 2. The number of fused-ring (bicyclic) bond motifs is 1. The molecule has 138 valence electrons. The van der Waals surface area contributed by atoms with Gasteiger partial charge in [0, 0.05) is 18.1 Å². The molecule has 4 atom stereocenters. The van der Waals surface area contributed by atoms with Crippen LogP contribution in [0.1, 0.15) is 11.7 Å². The van der Waals surface area contributed by atoms with Gasteiger partial charge in [-0.15, -0.1) is 11.8 Å². The van der Waals surface area contributed by atoms with Gasteiger partial charge in [-0.25, -0.2) is 0 Å². The van der Waals surface area contributed by atoms with Crippen molar-refractivity contribution >= 4 is 41.4 Å². The number of thioether (sulfide) groups is 2. The number of amides is 1. The molecule has 4 N–H and O–H groups in total. The predicted molar refractivity (Wildman–Crippen MR) is 91.0 cm³/mol.